The number of benzodiazepines with no additional fused rings is 1. The Hall–Kier alpha value is -1.94. The molecule has 1 amide bonds. The van der Waals surface area contributed by atoms with Crippen LogP contribution in [0.3, 0.4) is 0 Å². The van der Waals surface area contributed by atoms with E-state index in [4.69, 9.17) is 5.73 Å². The molecule has 0 saturated heterocycles. The monoisotopic (exact) mass is 215 g/mol. The smallest absolute Gasteiger partial charge is 0.263 e. The molecular weight excluding hydrogens is 202 g/mol. The Balaban J connectivity index is 2.52. The zero-order valence-electron chi connectivity index (χ0n) is 8.81. The van der Waals surface area contributed by atoms with Gasteiger partial charge in [-0.15, -0.1) is 6.58 Å². The highest BCUT2D eigenvalue weighted by Crippen LogP contribution is 2.20. The first-order valence-electron chi connectivity index (χ1n) is 5.06. The molecule has 1 aromatic rings. The molecule has 4 nitrogen and oxygen atoms in total. The predicted molar refractivity (Wildman–Crippen MR) is 64.4 cm³/mol. The maximum absolute atomic E-state index is 11.6. The van der Waals surface area contributed by atoms with Gasteiger partial charge in [-0.1, -0.05) is 24.3 Å². The van der Waals surface area contributed by atoms with Crippen LogP contribution < -0.4 is 11.1 Å². The van der Waals surface area contributed by atoms with Gasteiger partial charge < -0.3 is 11.1 Å². The molecule has 3 N–H and O–H groups in total. The number of hydrogen-bond donors (Lipinski definition) is 2. The summed E-state index contributed by atoms with van der Waals surface area (Å²) in [5.41, 5.74) is 8.09. The summed E-state index contributed by atoms with van der Waals surface area (Å²) < 4.78 is 0. The van der Waals surface area contributed by atoms with Crippen molar-refractivity contribution in [1.82, 2.24) is 0 Å². The van der Waals surface area contributed by atoms with Gasteiger partial charge >= 0.3 is 0 Å². The lowest BCUT2D eigenvalue weighted by atomic mass is 10.1. The number of rotatable bonds is 2. The molecule has 0 saturated carbocycles. The molecular formula is C12H13N3O. The lowest BCUT2D eigenvalue weighted by Crippen LogP contribution is -2.33. The van der Waals surface area contributed by atoms with Gasteiger partial charge in [0.25, 0.3) is 5.91 Å². The fourth-order valence-corrected chi connectivity index (χ4v) is 1.65. The maximum atomic E-state index is 11.6. The predicted octanol–water partition coefficient (Wildman–Crippen LogP) is 1.29. The van der Waals surface area contributed by atoms with E-state index in [-0.39, 0.29) is 5.91 Å². The molecule has 1 unspecified atom stereocenters. The van der Waals surface area contributed by atoms with Crippen LogP contribution in [0.5, 0.6) is 0 Å². The number of carbonyl (C=O) groups excluding carboxylic acids is 1. The summed E-state index contributed by atoms with van der Waals surface area (Å²) in [6, 6.07) is 7.52. The van der Waals surface area contributed by atoms with Crippen LogP contribution in [0.25, 0.3) is 0 Å². The molecule has 1 aromatic carbocycles. The molecule has 0 fully saturated rings. The van der Waals surface area contributed by atoms with Crippen molar-refractivity contribution in [3.05, 3.63) is 42.5 Å². The molecule has 0 bridgehead atoms. The second kappa shape index (κ2) is 4.28. The van der Waals surface area contributed by atoms with E-state index in [1.165, 1.54) is 0 Å². The van der Waals surface area contributed by atoms with Crippen molar-refractivity contribution in [2.45, 2.75) is 12.6 Å². The van der Waals surface area contributed by atoms with E-state index in [0.29, 0.717) is 6.42 Å². The average molecular weight is 215 g/mol. The van der Waals surface area contributed by atoms with Gasteiger partial charge in [0.2, 0.25) is 0 Å². The summed E-state index contributed by atoms with van der Waals surface area (Å²) in [5.74, 6) is -0.286. The Kier molecular flexibility index (Phi) is 2.83. The molecule has 1 heterocycles. The molecule has 1 aliphatic heterocycles. The number of carbonyl (C=O) groups is 1. The molecule has 0 aliphatic carbocycles. The number of amides is 1. The van der Waals surface area contributed by atoms with Crippen LogP contribution in [-0.4, -0.2) is 17.8 Å². The Bertz CT molecular complexity index is 465. The zero-order valence-corrected chi connectivity index (χ0v) is 8.81. The van der Waals surface area contributed by atoms with Crippen LogP contribution >= 0.6 is 0 Å². The zero-order chi connectivity index (χ0) is 11.5. The van der Waals surface area contributed by atoms with Gasteiger partial charge in [0.15, 0.2) is 6.17 Å². The lowest BCUT2D eigenvalue weighted by molar-refractivity contribution is -0.117. The average Bonchev–Trinajstić information content (AvgIpc) is 2.39. The second-order valence-electron chi connectivity index (χ2n) is 3.55. The van der Waals surface area contributed by atoms with Crippen LogP contribution in [0.2, 0.25) is 0 Å². The number of nitrogens with one attached hydrogen (secondary N) is 1. The molecule has 1 atom stereocenters. The third-order valence-corrected chi connectivity index (χ3v) is 2.40. The van der Waals surface area contributed by atoms with Crippen molar-refractivity contribution in [3.8, 4) is 0 Å². The van der Waals surface area contributed by atoms with E-state index < -0.39 is 6.17 Å². The van der Waals surface area contributed by atoms with Crippen molar-refractivity contribution >= 4 is 17.3 Å². The van der Waals surface area contributed by atoms with Crippen molar-refractivity contribution < 1.29 is 4.79 Å². The summed E-state index contributed by atoms with van der Waals surface area (Å²) in [6.45, 7) is 3.68. The summed E-state index contributed by atoms with van der Waals surface area (Å²) in [7, 11) is 0. The second-order valence-corrected chi connectivity index (χ2v) is 3.55. The van der Waals surface area contributed by atoms with Crippen LogP contribution in [0, 0.1) is 0 Å². The van der Waals surface area contributed by atoms with E-state index in [2.05, 4.69) is 16.9 Å². The number of hydrogen-bond acceptors (Lipinski definition) is 3. The number of anilines is 1. The third-order valence-electron chi connectivity index (χ3n) is 2.40. The number of fused-ring (bicyclic) bond motifs is 1. The van der Waals surface area contributed by atoms with E-state index in [1.54, 1.807) is 6.08 Å². The number of allylic oxidation sites excluding steroid dienone is 1. The van der Waals surface area contributed by atoms with Gasteiger partial charge in [-0.05, 0) is 6.07 Å². The Morgan fingerprint density at radius 1 is 1.50 bits per heavy atom. The summed E-state index contributed by atoms with van der Waals surface area (Å²) >= 11 is 0. The standard InChI is InChI=1S/C12H13N3O/c1-2-5-9-8-6-3-4-7-10(8)15-12(16)11(13)14-9/h2-4,6-7,11H,1,5,13H2,(H,15,16). The molecule has 2 rings (SSSR count). The fraction of sp³-hybridized carbons (Fsp3) is 0.167. The summed E-state index contributed by atoms with van der Waals surface area (Å²) in [5, 5.41) is 2.75. The van der Waals surface area contributed by atoms with Gasteiger partial charge in [0, 0.05) is 17.7 Å². The van der Waals surface area contributed by atoms with E-state index in [1.807, 2.05) is 24.3 Å². The summed E-state index contributed by atoms with van der Waals surface area (Å²) in [4.78, 5) is 15.8. The molecule has 4 heteroatoms. The van der Waals surface area contributed by atoms with Crippen molar-refractivity contribution in [2.24, 2.45) is 10.7 Å². The number of nitrogens with two attached hydrogens (primary N) is 1. The van der Waals surface area contributed by atoms with E-state index >= 15 is 0 Å². The molecule has 1 aliphatic rings. The number of nitrogens with zero attached hydrogens (tertiary/aromatic N) is 1. The third kappa shape index (κ3) is 1.87. The molecule has 82 valence electrons. The number of benzene rings is 1. The fourth-order valence-electron chi connectivity index (χ4n) is 1.65. The van der Waals surface area contributed by atoms with Gasteiger partial charge in [-0.3, -0.25) is 9.79 Å². The van der Waals surface area contributed by atoms with E-state index in [0.717, 1.165) is 17.0 Å². The molecule has 0 radical (unpaired) electrons. The minimum absolute atomic E-state index is 0.286. The number of aliphatic imine (C=N–C) groups is 1. The minimum Gasteiger partial charge on any atom is -0.322 e. The highest BCUT2D eigenvalue weighted by molar-refractivity contribution is 6.12. The summed E-state index contributed by atoms with van der Waals surface area (Å²) in [6.07, 6.45) is 1.50. The first-order chi connectivity index (χ1) is 7.72. The Labute approximate surface area is 93.9 Å². The largest absolute Gasteiger partial charge is 0.322 e. The Morgan fingerprint density at radius 2 is 2.25 bits per heavy atom. The van der Waals surface area contributed by atoms with Crippen LogP contribution in [0.4, 0.5) is 5.69 Å². The molecule has 16 heavy (non-hydrogen) atoms. The van der Waals surface area contributed by atoms with Crippen molar-refractivity contribution in [2.75, 3.05) is 5.32 Å². The van der Waals surface area contributed by atoms with Crippen molar-refractivity contribution in [3.63, 3.8) is 0 Å². The highest BCUT2D eigenvalue weighted by atomic mass is 16.2. The minimum atomic E-state index is -0.845. The van der Waals surface area contributed by atoms with Crippen LogP contribution in [-0.2, 0) is 4.79 Å². The molecule has 0 aromatic heterocycles. The van der Waals surface area contributed by atoms with Gasteiger partial charge in [-0.2, -0.15) is 0 Å². The quantitative estimate of drug-likeness (QED) is 0.730. The van der Waals surface area contributed by atoms with Gasteiger partial charge in [0.05, 0.1) is 5.71 Å². The van der Waals surface area contributed by atoms with Crippen molar-refractivity contribution in [1.29, 1.82) is 0 Å². The van der Waals surface area contributed by atoms with E-state index in [9.17, 15) is 4.79 Å². The molecule has 0 spiro atoms. The maximum Gasteiger partial charge on any atom is 0.263 e. The number of para-hydroxylation sites is 1. The van der Waals surface area contributed by atoms with Gasteiger partial charge in [0.1, 0.15) is 0 Å². The first kappa shape index (κ1) is 10.6. The van der Waals surface area contributed by atoms with Crippen LogP contribution in [0.1, 0.15) is 12.0 Å². The topological polar surface area (TPSA) is 67.5 Å². The van der Waals surface area contributed by atoms with Crippen LogP contribution in [0.15, 0.2) is 41.9 Å². The Morgan fingerprint density at radius 3 is 3.00 bits per heavy atom. The highest BCUT2D eigenvalue weighted by Gasteiger charge is 2.20. The lowest BCUT2D eigenvalue weighted by Gasteiger charge is -2.07. The normalized spacial score (nSPS) is 19.2. The van der Waals surface area contributed by atoms with Gasteiger partial charge in [-0.25, -0.2) is 0 Å². The SMILES string of the molecule is C=CCC1=NC(N)C(=O)Nc2ccccc21. The first-order valence-corrected chi connectivity index (χ1v) is 5.06.